The van der Waals surface area contributed by atoms with E-state index >= 15 is 0 Å². The molecule has 2 aliphatic rings. The molecule has 2 bridgehead atoms. The Bertz CT molecular complexity index is 112. The fourth-order valence-corrected chi connectivity index (χ4v) is 3.82. The van der Waals surface area contributed by atoms with Crippen molar-refractivity contribution in [1.82, 2.24) is 0 Å². The molecule has 2 fully saturated rings. The topological polar surface area (TPSA) is 0 Å². The molecule has 0 aromatic carbocycles. The number of rotatable bonds is 1. The summed E-state index contributed by atoms with van der Waals surface area (Å²) in [6.07, 6.45) is 7.82. The van der Waals surface area contributed by atoms with Crippen molar-refractivity contribution >= 4 is 8.58 Å². The van der Waals surface area contributed by atoms with Crippen LogP contribution in [-0.2, 0) is 0 Å². The molecule has 0 aromatic rings. The minimum atomic E-state index is 0.880. The van der Waals surface area contributed by atoms with Gasteiger partial charge in [0.1, 0.15) is 0 Å². The van der Waals surface area contributed by atoms with Gasteiger partial charge in [-0.05, 0) is 49.8 Å². The van der Waals surface area contributed by atoms with Crippen LogP contribution in [0.4, 0.5) is 0 Å². The van der Waals surface area contributed by atoms with E-state index < -0.39 is 0 Å². The van der Waals surface area contributed by atoms with E-state index in [1.165, 1.54) is 8.58 Å². The Hall–Kier alpha value is 0.430. The normalized spacial score (nSPS) is 49.7. The van der Waals surface area contributed by atoms with E-state index in [9.17, 15) is 0 Å². The molecular formula is C8H15P. The SMILES string of the molecule is CPC12CCC(CC1)C2. The van der Waals surface area contributed by atoms with Crippen LogP contribution >= 0.6 is 8.58 Å². The van der Waals surface area contributed by atoms with Crippen molar-refractivity contribution in [3.8, 4) is 0 Å². The van der Waals surface area contributed by atoms with Gasteiger partial charge in [-0.3, -0.25) is 0 Å². The molecule has 0 spiro atoms. The van der Waals surface area contributed by atoms with Crippen molar-refractivity contribution in [2.45, 2.75) is 37.3 Å². The van der Waals surface area contributed by atoms with Gasteiger partial charge in [-0.25, -0.2) is 0 Å². The molecule has 52 valence electrons. The molecule has 2 saturated carbocycles. The summed E-state index contributed by atoms with van der Waals surface area (Å²) in [6, 6.07) is 0. The number of hydrogen-bond acceptors (Lipinski definition) is 0. The molecule has 0 aromatic heterocycles. The largest absolute Gasteiger partial charge is 0.119 e. The van der Waals surface area contributed by atoms with Crippen LogP contribution in [0.25, 0.3) is 0 Å². The zero-order valence-corrected chi connectivity index (χ0v) is 7.11. The van der Waals surface area contributed by atoms with E-state index in [2.05, 4.69) is 6.66 Å². The predicted molar refractivity (Wildman–Crippen MR) is 43.5 cm³/mol. The molecule has 2 aliphatic carbocycles. The van der Waals surface area contributed by atoms with Gasteiger partial charge in [0.05, 0.1) is 0 Å². The van der Waals surface area contributed by atoms with E-state index in [0.29, 0.717) is 0 Å². The summed E-state index contributed by atoms with van der Waals surface area (Å²) in [5, 5.41) is 0.880. The van der Waals surface area contributed by atoms with Crippen LogP contribution in [-0.4, -0.2) is 11.8 Å². The summed E-state index contributed by atoms with van der Waals surface area (Å²) in [4.78, 5) is 0. The predicted octanol–water partition coefficient (Wildman–Crippen LogP) is 2.63. The van der Waals surface area contributed by atoms with Crippen molar-refractivity contribution in [2.24, 2.45) is 5.92 Å². The molecule has 0 aliphatic heterocycles. The van der Waals surface area contributed by atoms with Gasteiger partial charge in [-0.2, -0.15) is 0 Å². The molecular weight excluding hydrogens is 127 g/mol. The fraction of sp³-hybridized carbons (Fsp3) is 1.00. The molecule has 0 saturated heterocycles. The maximum Gasteiger partial charge on any atom is -0.0122 e. The standard InChI is InChI=1S/C8H15P/c1-9-8-4-2-7(6-8)3-5-8/h7,9H,2-6H2,1H3. The second kappa shape index (κ2) is 1.95. The van der Waals surface area contributed by atoms with Crippen LogP contribution in [0, 0.1) is 5.92 Å². The first-order valence-electron chi connectivity index (χ1n) is 4.04. The van der Waals surface area contributed by atoms with E-state index in [-0.39, 0.29) is 0 Å². The Balaban J connectivity index is 2.13. The first kappa shape index (κ1) is 6.16. The highest BCUT2D eigenvalue weighted by atomic mass is 31.1. The van der Waals surface area contributed by atoms with Crippen molar-refractivity contribution in [3.63, 3.8) is 0 Å². The highest BCUT2D eigenvalue weighted by molar-refractivity contribution is 7.39. The minimum absolute atomic E-state index is 0.880. The quantitative estimate of drug-likeness (QED) is 0.494. The molecule has 1 atom stereocenters. The number of fused-ring (bicyclic) bond motifs is 2. The summed E-state index contributed by atoms with van der Waals surface area (Å²) in [5.41, 5.74) is 0. The maximum absolute atomic E-state index is 2.40. The minimum Gasteiger partial charge on any atom is -0.119 e. The third-order valence-corrected chi connectivity index (χ3v) is 5.04. The van der Waals surface area contributed by atoms with Crippen molar-refractivity contribution < 1.29 is 0 Å². The van der Waals surface area contributed by atoms with Gasteiger partial charge in [0.2, 0.25) is 0 Å². The molecule has 1 heteroatoms. The molecule has 0 N–H and O–H groups in total. The summed E-state index contributed by atoms with van der Waals surface area (Å²) in [5.74, 6) is 1.15. The van der Waals surface area contributed by atoms with Crippen LogP contribution in [0.1, 0.15) is 32.1 Å². The average molecular weight is 142 g/mol. The van der Waals surface area contributed by atoms with Crippen LogP contribution in [0.2, 0.25) is 0 Å². The molecule has 0 heterocycles. The van der Waals surface area contributed by atoms with Gasteiger partial charge < -0.3 is 0 Å². The second-order valence-corrected chi connectivity index (χ2v) is 5.24. The molecule has 0 radical (unpaired) electrons. The summed E-state index contributed by atoms with van der Waals surface area (Å²) in [7, 11) is 1.22. The van der Waals surface area contributed by atoms with Crippen molar-refractivity contribution in [1.29, 1.82) is 0 Å². The smallest absolute Gasteiger partial charge is 0.0122 e. The van der Waals surface area contributed by atoms with E-state index in [0.717, 1.165) is 11.1 Å². The lowest BCUT2D eigenvalue weighted by atomic mass is 10.0. The average Bonchev–Trinajstić information content (AvgIpc) is 2.46. The van der Waals surface area contributed by atoms with Crippen LogP contribution in [0.3, 0.4) is 0 Å². The van der Waals surface area contributed by atoms with Gasteiger partial charge in [-0.15, -0.1) is 8.58 Å². The third-order valence-electron chi connectivity index (χ3n) is 3.27. The lowest BCUT2D eigenvalue weighted by molar-refractivity contribution is 0.498. The maximum atomic E-state index is 2.40. The Morgan fingerprint density at radius 1 is 1.33 bits per heavy atom. The summed E-state index contributed by atoms with van der Waals surface area (Å²) < 4.78 is 0. The van der Waals surface area contributed by atoms with Gasteiger partial charge >= 0.3 is 0 Å². The number of hydrogen-bond donors (Lipinski definition) is 0. The van der Waals surface area contributed by atoms with Crippen LogP contribution in [0.5, 0.6) is 0 Å². The zero-order chi connectivity index (χ0) is 6.32. The van der Waals surface area contributed by atoms with Gasteiger partial charge in [0.15, 0.2) is 0 Å². The van der Waals surface area contributed by atoms with Gasteiger partial charge in [0.25, 0.3) is 0 Å². The molecule has 9 heavy (non-hydrogen) atoms. The summed E-state index contributed by atoms with van der Waals surface area (Å²) >= 11 is 0. The fourth-order valence-electron chi connectivity index (χ4n) is 2.54. The Morgan fingerprint density at radius 3 is 2.22 bits per heavy atom. The second-order valence-electron chi connectivity index (χ2n) is 3.68. The lowest BCUT2D eigenvalue weighted by Crippen LogP contribution is -2.13. The molecule has 1 unspecified atom stereocenters. The van der Waals surface area contributed by atoms with Crippen LogP contribution in [0.15, 0.2) is 0 Å². The van der Waals surface area contributed by atoms with Gasteiger partial charge in [-0.1, -0.05) is 0 Å². The Morgan fingerprint density at radius 2 is 2.00 bits per heavy atom. The van der Waals surface area contributed by atoms with E-state index in [1.54, 1.807) is 32.1 Å². The van der Waals surface area contributed by atoms with Crippen molar-refractivity contribution in [2.75, 3.05) is 6.66 Å². The molecule has 0 amide bonds. The monoisotopic (exact) mass is 142 g/mol. The van der Waals surface area contributed by atoms with Crippen molar-refractivity contribution in [3.05, 3.63) is 0 Å². The highest BCUT2D eigenvalue weighted by Crippen LogP contribution is 2.56. The first-order valence-corrected chi connectivity index (χ1v) is 5.54. The first-order chi connectivity index (χ1) is 4.35. The summed E-state index contributed by atoms with van der Waals surface area (Å²) in [6.45, 7) is 2.40. The van der Waals surface area contributed by atoms with E-state index in [4.69, 9.17) is 0 Å². The van der Waals surface area contributed by atoms with E-state index in [1.807, 2.05) is 0 Å². The van der Waals surface area contributed by atoms with Crippen LogP contribution < -0.4 is 0 Å². The molecule has 2 rings (SSSR count). The zero-order valence-electron chi connectivity index (χ0n) is 6.11. The highest BCUT2D eigenvalue weighted by Gasteiger charge is 2.43. The Labute approximate surface area is 59.2 Å². The van der Waals surface area contributed by atoms with Gasteiger partial charge in [0, 0.05) is 0 Å². The molecule has 0 nitrogen and oxygen atoms in total. The lowest BCUT2D eigenvalue weighted by Gasteiger charge is -2.23. The Kier molecular flexibility index (Phi) is 1.34. The third kappa shape index (κ3) is 0.835.